The second-order valence-electron chi connectivity index (χ2n) is 3.61. The number of allylic oxidation sites excluding steroid dienone is 9. The first kappa shape index (κ1) is 11.8. The molecular formula is C14H18B. The Hall–Kier alpha value is -1.24. The lowest BCUT2D eigenvalue weighted by atomic mass is 9.69. The molecular weight excluding hydrogens is 179 g/mol. The van der Waals surface area contributed by atoms with E-state index in [1.807, 2.05) is 25.2 Å². The second-order valence-corrected chi connectivity index (χ2v) is 3.61. The highest BCUT2D eigenvalue weighted by molar-refractivity contribution is 6.44. The summed E-state index contributed by atoms with van der Waals surface area (Å²) in [5, 5.41) is 0. The first-order valence-electron chi connectivity index (χ1n) is 5.46. The molecule has 0 saturated carbocycles. The Bertz CT molecular complexity index is 340. The van der Waals surface area contributed by atoms with E-state index < -0.39 is 0 Å². The third-order valence-electron chi connectivity index (χ3n) is 2.48. The maximum atomic E-state index is 4.09. The number of hydrogen-bond donors (Lipinski definition) is 0. The molecule has 0 heterocycles. The summed E-state index contributed by atoms with van der Waals surface area (Å²) < 4.78 is 0. The first-order chi connectivity index (χ1) is 7.27. The molecule has 1 aliphatic carbocycles. The fourth-order valence-corrected chi connectivity index (χ4v) is 1.57. The molecule has 77 valence electrons. The van der Waals surface area contributed by atoms with Crippen molar-refractivity contribution in [2.75, 3.05) is 0 Å². The molecule has 0 saturated heterocycles. The standard InChI is InChI=1S/C14H18B/c1-4-5-6-8-12(2)13-9-7-10-14(11-13)15-3/h4-6,8,10-11H,2,7,9H2,1,3H3/b5-4-,8-6-. The first-order valence-corrected chi connectivity index (χ1v) is 5.46. The predicted molar refractivity (Wildman–Crippen MR) is 70.1 cm³/mol. The van der Waals surface area contributed by atoms with E-state index >= 15 is 0 Å². The van der Waals surface area contributed by atoms with Crippen molar-refractivity contribution in [3.8, 4) is 0 Å². The van der Waals surface area contributed by atoms with Crippen LogP contribution < -0.4 is 0 Å². The van der Waals surface area contributed by atoms with Crippen LogP contribution in [0.5, 0.6) is 0 Å². The van der Waals surface area contributed by atoms with Gasteiger partial charge in [-0.05, 0) is 30.9 Å². The fraction of sp³-hybridized carbons (Fsp3) is 0.286. The fourth-order valence-electron chi connectivity index (χ4n) is 1.57. The molecule has 0 spiro atoms. The van der Waals surface area contributed by atoms with Gasteiger partial charge in [0.2, 0.25) is 0 Å². The average Bonchev–Trinajstić information content (AvgIpc) is 2.29. The molecule has 0 atom stereocenters. The number of rotatable bonds is 4. The van der Waals surface area contributed by atoms with E-state index in [0.717, 1.165) is 18.4 Å². The molecule has 1 aliphatic rings. The van der Waals surface area contributed by atoms with Gasteiger partial charge in [0.15, 0.2) is 0 Å². The molecule has 0 aromatic rings. The Kier molecular flexibility index (Phi) is 4.96. The van der Waals surface area contributed by atoms with Crippen LogP contribution in [0.1, 0.15) is 19.8 Å². The Labute approximate surface area is 94.0 Å². The average molecular weight is 197 g/mol. The van der Waals surface area contributed by atoms with Crippen LogP contribution >= 0.6 is 0 Å². The maximum absolute atomic E-state index is 4.09. The molecule has 0 nitrogen and oxygen atoms in total. The van der Waals surface area contributed by atoms with Gasteiger partial charge in [-0.25, -0.2) is 0 Å². The normalized spacial score (nSPS) is 16.7. The van der Waals surface area contributed by atoms with Gasteiger partial charge in [-0.1, -0.05) is 55.3 Å². The molecule has 0 aromatic carbocycles. The minimum Gasteiger partial charge on any atom is -0.0917 e. The predicted octanol–water partition coefficient (Wildman–Crippen LogP) is 4.03. The highest BCUT2D eigenvalue weighted by atomic mass is 14.1. The summed E-state index contributed by atoms with van der Waals surface area (Å²) in [6.45, 7) is 8.18. The van der Waals surface area contributed by atoms with Crippen LogP contribution in [0.4, 0.5) is 0 Å². The van der Waals surface area contributed by atoms with Gasteiger partial charge < -0.3 is 0 Å². The van der Waals surface area contributed by atoms with Crippen LogP contribution in [0.3, 0.4) is 0 Å². The van der Waals surface area contributed by atoms with Crippen molar-refractivity contribution < 1.29 is 0 Å². The molecule has 0 aromatic heterocycles. The van der Waals surface area contributed by atoms with E-state index in [2.05, 4.69) is 38.9 Å². The quantitative estimate of drug-likeness (QED) is 0.471. The van der Waals surface area contributed by atoms with E-state index in [1.165, 1.54) is 11.0 Å². The molecule has 0 amide bonds. The summed E-state index contributed by atoms with van der Waals surface area (Å²) >= 11 is 0. The third-order valence-corrected chi connectivity index (χ3v) is 2.48. The molecule has 1 heteroatoms. The van der Waals surface area contributed by atoms with Gasteiger partial charge in [-0.2, -0.15) is 0 Å². The SMILES string of the molecule is C=C(/C=C\C=C/C)C1=CC([B]C)=CCC1. The van der Waals surface area contributed by atoms with E-state index in [0.29, 0.717) is 0 Å². The highest BCUT2D eigenvalue weighted by Gasteiger charge is 2.05. The van der Waals surface area contributed by atoms with Gasteiger partial charge in [-0.3, -0.25) is 0 Å². The Balaban J connectivity index is 2.68. The minimum absolute atomic E-state index is 1.11. The summed E-state index contributed by atoms with van der Waals surface area (Å²) in [4.78, 5) is 0. The Morgan fingerprint density at radius 3 is 2.93 bits per heavy atom. The van der Waals surface area contributed by atoms with Gasteiger partial charge in [0.1, 0.15) is 7.28 Å². The van der Waals surface area contributed by atoms with Crippen molar-refractivity contribution in [1.29, 1.82) is 0 Å². The van der Waals surface area contributed by atoms with Crippen LogP contribution in [0.2, 0.25) is 6.82 Å². The van der Waals surface area contributed by atoms with Gasteiger partial charge >= 0.3 is 0 Å². The van der Waals surface area contributed by atoms with Crippen molar-refractivity contribution in [2.24, 2.45) is 0 Å². The third kappa shape index (κ3) is 3.79. The van der Waals surface area contributed by atoms with E-state index in [4.69, 9.17) is 0 Å². The van der Waals surface area contributed by atoms with Crippen LogP contribution in [-0.2, 0) is 0 Å². The van der Waals surface area contributed by atoms with Crippen LogP contribution in [-0.4, -0.2) is 7.28 Å². The zero-order valence-electron chi connectivity index (χ0n) is 9.66. The van der Waals surface area contributed by atoms with Crippen LogP contribution in [0, 0.1) is 0 Å². The van der Waals surface area contributed by atoms with E-state index in [9.17, 15) is 0 Å². The highest BCUT2D eigenvalue weighted by Crippen LogP contribution is 2.22. The molecule has 0 unspecified atom stereocenters. The summed E-state index contributed by atoms with van der Waals surface area (Å²) in [5.74, 6) is 0. The van der Waals surface area contributed by atoms with Gasteiger partial charge in [0.25, 0.3) is 0 Å². The number of hydrogen-bond acceptors (Lipinski definition) is 0. The van der Waals surface area contributed by atoms with Crippen molar-refractivity contribution in [3.05, 3.63) is 59.7 Å². The van der Waals surface area contributed by atoms with Gasteiger partial charge in [-0.15, -0.1) is 0 Å². The summed E-state index contributed by atoms with van der Waals surface area (Å²) in [5.41, 5.74) is 3.80. The molecule has 0 aliphatic heterocycles. The van der Waals surface area contributed by atoms with Gasteiger partial charge in [0.05, 0.1) is 0 Å². The Morgan fingerprint density at radius 1 is 1.47 bits per heavy atom. The van der Waals surface area contributed by atoms with Crippen molar-refractivity contribution in [2.45, 2.75) is 26.6 Å². The monoisotopic (exact) mass is 197 g/mol. The van der Waals surface area contributed by atoms with Crippen molar-refractivity contribution in [3.63, 3.8) is 0 Å². The topological polar surface area (TPSA) is 0 Å². The van der Waals surface area contributed by atoms with Crippen molar-refractivity contribution in [1.82, 2.24) is 0 Å². The van der Waals surface area contributed by atoms with E-state index in [1.54, 1.807) is 0 Å². The van der Waals surface area contributed by atoms with Crippen LogP contribution in [0.25, 0.3) is 0 Å². The molecule has 0 fully saturated rings. The zero-order valence-corrected chi connectivity index (χ0v) is 9.66. The summed E-state index contributed by atoms with van der Waals surface area (Å²) in [6.07, 6.45) is 14.9. The smallest absolute Gasteiger partial charge is 0.0917 e. The van der Waals surface area contributed by atoms with Crippen molar-refractivity contribution >= 4 is 7.28 Å². The molecule has 1 rings (SSSR count). The molecule has 0 N–H and O–H groups in total. The lowest BCUT2D eigenvalue weighted by Crippen LogP contribution is -1.97. The maximum Gasteiger partial charge on any atom is 0.147 e. The minimum atomic E-state index is 1.11. The molecule has 0 bridgehead atoms. The lowest BCUT2D eigenvalue weighted by Gasteiger charge is -2.12. The Morgan fingerprint density at radius 2 is 2.27 bits per heavy atom. The van der Waals surface area contributed by atoms with E-state index in [-0.39, 0.29) is 0 Å². The van der Waals surface area contributed by atoms with Gasteiger partial charge in [0, 0.05) is 0 Å². The molecule has 1 radical (unpaired) electrons. The zero-order chi connectivity index (χ0) is 11.1. The largest absolute Gasteiger partial charge is 0.147 e. The summed E-state index contributed by atoms with van der Waals surface area (Å²) in [7, 11) is 2.14. The van der Waals surface area contributed by atoms with Crippen LogP contribution in [0.15, 0.2) is 59.7 Å². The lowest BCUT2D eigenvalue weighted by molar-refractivity contribution is 0.974. The molecule has 15 heavy (non-hydrogen) atoms. The summed E-state index contributed by atoms with van der Waals surface area (Å²) in [6, 6.07) is 0. The second kappa shape index (κ2) is 6.29.